The number of methoxy groups -OCH3 is 1. The molecule has 1 aromatic carbocycles. The average Bonchev–Trinajstić information content (AvgIpc) is 2.83. The summed E-state index contributed by atoms with van der Waals surface area (Å²) >= 11 is 0. The molecule has 110 valence electrons. The molecule has 0 unspecified atom stereocenters. The molecule has 0 radical (unpaired) electrons. The van der Waals surface area contributed by atoms with Crippen molar-refractivity contribution in [2.75, 3.05) is 12.4 Å². The summed E-state index contributed by atoms with van der Waals surface area (Å²) in [4.78, 5) is 11.9. The van der Waals surface area contributed by atoms with Gasteiger partial charge in [0.15, 0.2) is 0 Å². The Bertz CT molecular complexity index is 674. The van der Waals surface area contributed by atoms with Crippen LogP contribution in [0.5, 0.6) is 5.75 Å². The lowest BCUT2D eigenvalue weighted by Crippen LogP contribution is -2.24. The number of carbonyl (C=O) groups excluding carboxylic acids is 1. The van der Waals surface area contributed by atoms with Gasteiger partial charge >= 0.3 is 0 Å². The summed E-state index contributed by atoms with van der Waals surface area (Å²) in [5.74, 6) is 1.91. The molecular formula is C16H19N3O2. The van der Waals surface area contributed by atoms with E-state index in [2.05, 4.69) is 17.3 Å². The zero-order valence-corrected chi connectivity index (χ0v) is 12.5. The monoisotopic (exact) mass is 285 g/mol. The molecule has 2 heterocycles. The number of anilines is 1. The number of rotatable bonds is 3. The number of amides is 1. The van der Waals surface area contributed by atoms with Crippen molar-refractivity contribution in [2.24, 2.45) is 0 Å². The first-order valence-corrected chi connectivity index (χ1v) is 7.17. The predicted octanol–water partition coefficient (Wildman–Crippen LogP) is 3.03. The van der Waals surface area contributed by atoms with Gasteiger partial charge in [-0.1, -0.05) is 6.92 Å². The molecule has 1 atom stereocenters. The number of fused-ring (bicyclic) bond motifs is 1. The van der Waals surface area contributed by atoms with Gasteiger partial charge < -0.3 is 10.1 Å². The molecule has 0 bridgehead atoms. The highest BCUT2D eigenvalue weighted by molar-refractivity contribution is 5.94. The maximum absolute atomic E-state index is 11.9. The number of hydrogen-bond acceptors (Lipinski definition) is 3. The molecule has 2 aromatic rings. The smallest absolute Gasteiger partial charge is 0.226 e. The fraction of sp³-hybridized carbons (Fsp3) is 0.375. The number of ether oxygens (including phenoxy) is 1. The molecule has 0 aliphatic carbocycles. The van der Waals surface area contributed by atoms with Crippen molar-refractivity contribution >= 4 is 11.7 Å². The number of aromatic nitrogens is 2. The molecule has 0 saturated carbocycles. The molecule has 1 aliphatic rings. The van der Waals surface area contributed by atoms with E-state index in [0.717, 1.165) is 34.9 Å². The third-order valence-corrected chi connectivity index (χ3v) is 4.01. The van der Waals surface area contributed by atoms with Crippen LogP contribution in [-0.4, -0.2) is 22.8 Å². The second-order valence-corrected chi connectivity index (χ2v) is 5.31. The van der Waals surface area contributed by atoms with Gasteiger partial charge in [-0.2, -0.15) is 5.10 Å². The minimum Gasteiger partial charge on any atom is -0.497 e. The molecule has 0 spiro atoms. The van der Waals surface area contributed by atoms with E-state index in [-0.39, 0.29) is 11.8 Å². The lowest BCUT2D eigenvalue weighted by Gasteiger charge is -2.22. The molecule has 1 aliphatic heterocycles. The Morgan fingerprint density at radius 1 is 1.38 bits per heavy atom. The van der Waals surface area contributed by atoms with Crippen molar-refractivity contribution in [3.63, 3.8) is 0 Å². The third-order valence-electron chi connectivity index (χ3n) is 4.01. The number of carbonyl (C=O) groups is 1. The predicted molar refractivity (Wildman–Crippen MR) is 81.1 cm³/mol. The van der Waals surface area contributed by atoms with E-state index in [1.807, 2.05) is 35.9 Å². The molecule has 0 saturated heterocycles. The van der Waals surface area contributed by atoms with Gasteiger partial charge in [0, 0.05) is 12.0 Å². The van der Waals surface area contributed by atoms with Crippen LogP contribution in [0.4, 0.5) is 5.82 Å². The lowest BCUT2D eigenvalue weighted by atomic mass is 9.90. The van der Waals surface area contributed by atoms with Gasteiger partial charge in [-0.25, -0.2) is 4.68 Å². The minimum absolute atomic E-state index is 0.0593. The largest absolute Gasteiger partial charge is 0.497 e. The maximum atomic E-state index is 11.9. The zero-order chi connectivity index (χ0) is 15.0. The van der Waals surface area contributed by atoms with E-state index in [9.17, 15) is 4.79 Å². The summed E-state index contributed by atoms with van der Waals surface area (Å²) in [5, 5.41) is 7.58. The molecule has 1 amide bonds. The summed E-state index contributed by atoms with van der Waals surface area (Å²) < 4.78 is 6.98. The summed E-state index contributed by atoms with van der Waals surface area (Å²) in [6, 6.07) is 7.65. The number of nitrogens with zero attached hydrogens (tertiary/aromatic N) is 2. The van der Waals surface area contributed by atoms with E-state index < -0.39 is 0 Å². The van der Waals surface area contributed by atoms with Crippen LogP contribution in [0.2, 0.25) is 0 Å². The van der Waals surface area contributed by atoms with Crippen LogP contribution in [0.1, 0.15) is 36.9 Å². The Morgan fingerprint density at radius 3 is 2.71 bits per heavy atom. The van der Waals surface area contributed by atoms with Crippen molar-refractivity contribution in [3.05, 3.63) is 35.5 Å². The van der Waals surface area contributed by atoms with Gasteiger partial charge in [-0.15, -0.1) is 0 Å². The fourth-order valence-corrected chi connectivity index (χ4v) is 2.92. The minimum atomic E-state index is 0.0593. The molecule has 21 heavy (non-hydrogen) atoms. The first-order chi connectivity index (χ1) is 10.1. The van der Waals surface area contributed by atoms with Crippen molar-refractivity contribution in [1.29, 1.82) is 0 Å². The number of nitrogens with one attached hydrogen (secondary N) is 1. The Labute approximate surface area is 123 Å². The maximum Gasteiger partial charge on any atom is 0.226 e. The van der Waals surface area contributed by atoms with Crippen molar-refractivity contribution in [1.82, 2.24) is 9.78 Å². The molecule has 5 heteroatoms. The van der Waals surface area contributed by atoms with Crippen molar-refractivity contribution in [2.45, 2.75) is 32.6 Å². The SMILES string of the molecule is CC[C@H]1CC(=O)Nc2c1c(C)nn2-c1ccc(OC)cc1. The second-order valence-electron chi connectivity index (χ2n) is 5.31. The Morgan fingerprint density at radius 2 is 2.10 bits per heavy atom. The molecule has 0 fully saturated rings. The Hall–Kier alpha value is -2.30. The molecular weight excluding hydrogens is 266 g/mol. The average molecular weight is 285 g/mol. The van der Waals surface area contributed by atoms with E-state index >= 15 is 0 Å². The molecule has 5 nitrogen and oxygen atoms in total. The highest BCUT2D eigenvalue weighted by Gasteiger charge is 2.30. The Balaban J connectivity index is 2.09. The number of benzene rings is 1. The van der Waals surface area contributed by atoms with E-state index in [1.54, 1.807) is 7.11 Å². The van der Waals surface area contributed by atoms with E-state index in [1.165, 1.54) is 0 Å². The van der Waals surface area contributed by atoms with E-state index in [4.69, 9.17) is 4.74 Å². The van der Waals surface area contributed by atoms with Crippen LogP contribution in [0.3, 0.4) is 0 Å². The van der Waals surface area contributed by atoms with Crippen LogP contribution in [-0.2, 0) is 4.79 Å². The molecule has 1 aromatic heterocycles. The lowest BCUT2D eigenvalue weighted by molar-refractivity contribution is -0.116. The van der Waals surface area contributed by atoms with Crippen LogP contribution >= 0.6 is 0 Å². The highest BCUT2D eigenvalue weighted by Crippen LogP contribution is 2.37. The number of aryl methyl sites for hydroxylation is 1. The highest BCUT2D eigenvalue weighted by atomic mass is 16.5. The quantitative estimate of drug-likeness (QED) is 0.943. The van der Waals surface area contributed by atoms with Gasteiger partial charge in [0.25, 0.3) is 0 Å². The standard InChI is InChI=1S/C16H19N3O2/c1-4-11-9-14(20)17-16-15(11)10(2)18-19(16)12-5-7-13(21-3)8-6-12/h5-8,11H,4,9H2,1-3H3,(H,17,20)/t11-/m0/s1. The van der Waals surface area contributed by atoms with Crippen molar-refractivity contribution in [3.8, 4) is 11.4 Å². The molecule has 3 rings (SSSR count). The summed E-state index contributed by atoms with van der Waals surface area (Å²) in [5.41, 5.74) is 3.05. The summed E-state index contributed by atoms with van der Waals surface area (Å²) in [6.45, 7) is 4.11. The van der Waals surface area contributed by atoms with Gasteiger partial charge in [-0.05, 0) is 43.5 Å². The normalized spacial score (nSPS) is 17.3. The van der Waals surface area contributed by atoms with Crippen LogP contribution < -0.4 is 10.1 Å². The third kappa shape index (κ3) is 2.28. The van der Waals surface area contributed by atoms with Crippen LogP contribution in [0.15, 0.2) is 24.3 Å². The van der Waals surface area contributed by atoms with E-state index in [0.29, 0.717) is 6.42 Å². The first-order valence-electron chi connectivity index (χ1n) is 7.17. The van der Waals surface area contributed by atoms with Crippen molar-refractivity contribution < 1.29 is 9.53 Å². The molecule has 1 N–H and O–H groups in total. The first kappa shape index (κ1) is 13.7. The second kappa shape index (κ2) is 5.24. The summed E-state index contributed by atoms with van der Waals surface area (Å²) in [7, 11) is 1.64. The van der Waals surface area contributed by atoms with Crippen LogP contribution in [0, 0.1) is 6.92 Å². The van der Waals surface area contributed by atoms with Gasteiger partial charge in [0.2, 0.25) is 5.91 Å². The summed E-state index contributed by atoms with van der Waals surface area (Å²) in [6.07, 6.45) is 1.48. The van der Waals surface area contributed by atoms with Crippen LogP contribution in [0.25, 0.3) is 5.69 Å². The number of hydrogen-bond donors (Lipinski definition) is 1. The Kier molecular flexibility index (Phi) is 3.41. The van der Waals surface area contributed by atoms with Gasteiger partial charge in [-0.3, -0.25) is 4.79 Å². The van der Waals surface area contributed by atoms with Gasteiger partial charge in [0.05, 0.1) is 18.5 Å². The topological polar surface area (TPSA) is 56.2 Å². The zero-order valence-electron chi connectivity index (χ0n) is 12.5. The van der Waals surface area contributed by atoms with Gasteiger partial charge in [0.1, 0.15) is 11.6 Å². The fourth-order valence-electron chi connectivity index (χ4n) is 2.92.